The van der Waals surface area contributed by atoms with Crippen LogP contribution in [-0.2, 0) is 0 Å². The number of hydrogen-bond acceptors (Lipinski definition) is 8. The van der Waals surface area contributed by atoms with Crippen molar-refractivity contribution in [1.82, 2.24) is 29.9 Å². The summed E-state index contributed by atoms with van der Waals surface area (Å²) >= 11 is 0. The van der Waals surface area contributed by atoms with E-state index < -0.39 is 0 Å². The van der Waals surface area contributed by atoms with Crippen molar-refractivity contribution in [1.29, 1.82) is 0 Å². The molecule has 2 aliphatic rings. The first-order valence-corrected chi connectivity index (χ1v) is 10.6. The summed E-state index contributed by atoms with van der Waals surface area (Å²) in [6.45, 7) is 5.91. The zero-order chi connectivity index (χ0) is 21.1. The van der Waals surface area contributed by atoms with Gasteiger partial charge in [0.2, 0.25) is 5.95 Å². The van der Waals surface area contributed by atoms with E-state index in [4.69, 9.17) is 19.6 Å². The summed E-state index contributed by atoms with van der Waals surface area (Å²) in [7, 11) is 3.29. The van der Waals surface area contributed by atoms with Gasteiger partial charge in [-0.05, 0) is 25.8 Å². The van der Waals surface area contributed by atoms with Gasteiger partial charge < -0.3 is 20.1 Å². The zero-order valence-electron chi connectivity index (χ0n) is 18.0. The molecule has 0 amide bonds. The fourth-order valence-electron chi connectivity index (χ4n) is 3.61. The second-order valence-corrected chi connectivity index (χ2v) is 7.23. The zero-order valence-corrected chi connectivity index (χ0v) is 18.0. The smallest absolute Gasteiger partial charge is 0.223 e. The van der Waals surface area contributed by atoms with Crippen LogP contribution in [0.4, 0.5) is 5.95 Å². The quantitative estimate of drug-likeness (QED) is 0.639. The Morgan fingerprint density at radius 3 is 2.53 bits per heavy atom. The van der Waals surface area contributed by atoms with Gasteiger partial charge in [-0.15, -0.1) is 0 Å². The molecule has 1 atom stereocenters. The summed E-state index contributed by atoms with van der Waals surface area (Å²) in [6.07, 6.45) is 6.78. The Hall–Kier alpha value is -2.94. The van der Waals surface area contributed by atoms with Crippen LogP contribution < -0.4 is 20.1 Å². The Morgan fingerprint density at radius 1 is 1.07 bits per heavy atom. The molecule has 9 heteroatoms. The third-order valence-electron chi connectivity index (χ3n) is 5.28. The molecular formula is C21H29N7O2. The first kappa shape index (κ1) is 20.3. The van der Waals surface area contributed by atoms with Crippen molar-refractivity contribution in [2.45, 2.75) is 45.1 Å². The van der Waals surface area contributed by atoms with Crippen LogP contribution >= 0.6 is 0 Å². The highest BCUT2D eigenvalue weighted by Crippen LogP contribution is 2.43. The second kappa shape index (κ2) is 8.83. The van der Waals surface area contributed by atoms with Crippen LogP contribution in [0.3, 0.4) is 0 Å². The monoisotopic (exact) mass is 411 g/mol. The van der Waals surface area contributed by atoms with Gasteiger partial charge >= 0.3 is 0 Å². The number of rotatable bonds is 6. The van der Waals surface area contributed by atoms with Gasteiger partial charge in [0, 0.05) is 24.6 Å². The molecule has 9 nitrogen and oxygen atoms in total. The highest BCUT2D eigenvalue weighted by molar-refractivity contribution is 5.67. The van der Waals surface area contributed by atoms with Crippen molar-refractivity contribution in [3.8, 4) is 22.9 Å². The molecule has 1 aliphatic carbocycles. The van der Waals surface area contributed by atoms with Crippen molar-refractivity contribution in [2.75, 3.05) is 32.6 Å². The molecule has 0 spiro atoms. The number of aromatic nitrogens is 5. The molecule has 0 bridgehead atoms. The molecule has 2 fully saturated rings. The minimum atomic E-state index is 0.326. The lowest BCUT2D eigenvalue weighted by Gasteiger charge is -2.14. The van der Waals surface area contributed by atoms with Gasteiger partial charge in [-0.25, -0.2) is 19.5 Å². The lowest BCUT2D eigenvalue weighted by atomic mass is 10.2. The van der Waals surface area contributed by atoms with E-state index in [9.17, 15) is 0 Å². The van der Waals surface area contributed by atoms with Gasteiger partial charge in [0.25, 0.3) is 0 Å². The Morgan fingerprint density at radius 2 is 1.87 bits per heavy atom. The summed E-state index contributed by atoms with van der Waals surface area (Å²) in [5.74, 6) is 2.41. The Balaban J connectivity index is 0.00000106. The third kappa shape index (κ3) is 3.89. The van der Waals surface area contributed by atoms with E-state index in [2.05, 4.69) is 20.6 Å². The van der Waals surface area contributed by atoms with E-state index in [0.717, 1.165) is 49.5 Å². The summed E-state index contributed by atoms with van der Waals surface area (Å²) in [5, 5.41) is 11.6. The van der Waals surface area contributed by atoms with Crippen molar-refractivity contribution < 1.29 is 9.47 Å². The number of nitrogens with zero attached hydrogens (tertiary/aromatic N) is 5. The highest BCUT2D eigenvalue weighted by atomic mass is 16.5. The summed E-state index contributed by atoms with van der Waals surface area (Å²) < 4.78 is 12.9. The van der Waals surface area contributed by atoms with Gasteiger partial charge in [-0.2, -0.15) is 5.10 Å². The first-order valence-electron chi connectivity index (χ1n) is 10.6. The molecule has 3 aromatic heterocycles. The summed E-state index contributed by atoms with van der Waals surface area (Å²) in [4.78, 5) is 13.6. The van der Waals surface area contributed by atoms with Crippen molar-refractivity contribution >= 4 is 11.6 Å². The lowest BCUT2D eigenvalue weighted by Crippen LogP contribution is -2.23. The molecule has 5 rings (SSSR count). The van der Waals surface area contributed by atoms with E-state index in [1.54, 1.807) is 26.6 Å². The predicted octanol–water partition coefficient (Wildman–Crippen LogP) is 2.88. The number of ether oxygens (including phenoxy) is 2. The first-order chi connectivity index (χ1) is 14.8. The van der Waals surface area contributed by atoms with Gasteiger partial charge in [0.15, 0.2) is 11.4 Å². The van der Waals surface area contributed by atoms with Crippen LogP contribution in [-0.4, -0.2) is 57.9 Å². The van der Waals surface area contributed by atoms with Gasteiger partial charge in [-0.3, -0.25) is 0 Å². The van der Waals surface area contributed by atoms with Gasteiger partial charge in [-0.1, -0.05) is 13.8 Å². The van der Waals surface area contributed by atoms with E-state index in [-0.39, 0.29) is 0 Å². The Kier molecular flexibility index (Phi) is 5.98. The van der Waals surface area contributed by atoms with Crippen molar-refractivity contribution in [2.24, 2.45) is 0 Å². The van der Waals surface area contributed by atoms with Crippen molar-refractivity contribution in [3.05, 3.63) is 24.2 Å². The molecule has 3 aromatic rings. The van der Waals surface area contributed by atoms with Crippen LogP contribution in [0, 0.1) is 0 Å². The van der Waals surface area contributed by atoms with E-state index in [1.165, 1.54) is 0 Å². The van der Waals surface area contributed by atoms with Crippen LogP contribution in [0.1, 0.15) is 44.7 Å². The van der Waals surface area contributed by atoms with Crippen molar-refractivity contribution in [3.63, 3.8) is 0 Å². The molecule has 30 heavy (non-hydrogen) atoms. The van der Waals surface area contributed by atoms with E-state index >= 15 is 0 Å². The maximum Gasteiger partial charge on any atom is 0.223 e. The molecule has 1 saturated carbocycles. The average molecular weight is 412 g/mol. The number of nitrogens with one attached hydrogen (secondary N) is 2. The molecule has 0 radical (unpaired) electrons. The Bertz CT molecular complexity index is 1010. The molecule has 2 N–H and O–H groups in total. The maximum absolute atomic E-state index is 5.53. The summed E-state index contributed by atoms with van der Waals surface area (Å²) in [5.41, 5.74) is 3.12. The van der Waals surface area contributed by atoms with Gasteiger partial charge in [0.05, 0.1) is 26.6 Å². The van der Waals surface area contributed by atoms with Crippen LogP contribution in [0.5, 0.6) is 11.5 Å². The third-order valence-corrected chi connectivity index (χ3v) is 5.28. The molecule has 1 aliphatic heterocycles. The number of imidazole rings is 1. The summed E-state index contributed by atoms with van der Waals surface area (Å²) in [6, 6.07) is 2.26. The SMILES string of the molecule is CC.COc1cnc(NC2CCNC2)nc1-c1cnc2cc(OC)c(C3CC3)nn12. The molecule has 1 saturated heterocycles. The van der Waals surface area contributed by atoms with Gasteiger partial charge in [0.1, 0.15) is 22.8 Å². The highest BCUT2D eigenvalue weighted by Gasteiger charge is 2.30. The van der Waals surface area contributed by atoms with E-state index in [1.807, 2.05) is 24.4 Å². The minimum Gasteiger partial charge on any atom is -0.495 e. The Labute approximate surface area is 176 Å². The molecule has 160 valence electrons. The second-order valence-electron chi connectivity index (χ2n) is 7.23. The number of methoxy groups -OCH3 is 2. The maximum atomic E-state index is 5.53. The number of fused-ring (bicyclic) bond motifs is 1. The van der Waals surface area contributed by atoms with Crippen LogP contribution in [0.25, 0.3) is 17.0 Å². The largest absolute Gasteiger partial charge is 0.495 e. The standard InChI is InChI=1S/C19H23N7O2.C2H6/c1-27-14-7-16-21-9-13(26(16)25-17(14)11-3-4-11)18-15(28-2)10-22-19(24-18)23-12-5-6-20-8-12;1-2/h7,9-12,20H,3-6,8H2,1-2H3,(H,22,23,24);1-2H3. The fourth-order valence-corrected chi connectivity index (χ4v) is 3.61. The average Bonchev–Trinajstić information content (AvgIpc) is 3.36. The molecule has 1 unspecified atom stereocenters. The minimum absolute atomic E-state index is 0.326. The lowest BCUT2D eigenvalue weighted by molar-refractivity contribution is 0.405. The molecular weight excluding hydrogens is 382 g/mol. The topological polar surface area (TPSA) is 98.5 Å². The predicted molar refractivity (Wildman–Crippen MR) is 115 cm³/mol. The fraction of sp³-hybridized carbons (Fsp3) is 0.524. The van der Waals surface area contributed by atoms with E-state index in [0.29, 0.717) is 35.0 Å². The number of hydrogen-bond donors (Lipinski definition) is 2. The van der Waals surface area contributed by atoms with Crippen LogP contribution in [0.2, 0.25) is 0 Å². The normalized spacial score (nSPS) is 18.1. The molecule has 4 heterocycles. The van der Waals surface area contributed by atoms with Crippen LogP contribution in [0.15, 0.2) is 18.5 Å². The molecule has 0 aromatic carbocycles. The number of anilines is 1.